The molecule has 0 unspecified atom stereocenters. The van der Waals surface area contributed by atoms with E-state index < -0.39 is 12.1 Å². The largest absolute Gasteiger partial charge is 0.573 e. The van der Waals surface area contributed by atoms with Crippen molar-refractivity contribution in [1.82, 2.24) is 25.5 Å². The van der Waals surface area contributed by atoms with Crippen LogP contribution in [0.25, 0.3) is 11.6 Å². The van der Waals surface area contributed by atoms with Gasteiger partial charge in [-0.3, -0.25) is 4.79 Å². The Kier molecular flexibility index (Phi) is 6.80. The maximum atomic E-state index is 12.1. The first-order valence-corrected chi connectivity index (χ1v) is 8.96. The van der Waals surface area contributed by atoms with Gasteiger partial charge in [0, 0.05) is 12.7 Å². The van der Waals surface area contributed by atoms with Crippen molar-refractivity contribution in [3.63, 3.8) is 0 Å². The van der Waals surface area contributed by atoms with Crippen molar-refractivity contribution < 1.29 is 27.1 Å². The maximum absolute atomic E-state index is 12.1. The average Bonchev–Trinajstić information content (AvgIpc) is 3.41. The lowest BCUT2D eigenvalue weighted by Gasteiger charge is -2.10. The number of amides is 1. The van der Waals surface area contributed by atoms with E-state index in [0.29, 0.717) is 17.2 Å². The lowest BCUT2D eigenvalue weighted by molar-refractivity contribution is -0.274. The topological polar surface area (TPSA) is 115 Å². The Balaban J connectivity index is 0.000000287. The lowest BCUT2D eigenvalue weighted by Crippen LogP contribution is -2.17. The fourth-order valence-corrected chi connectivity index (χ4v) is 2.58. The number of hydrogen-bond acceptors (Lipinski definition) is 8. The van der Waals surface area contributed by atoms with Gasteiger partial charge in [0.25, 0.3) is 5.89 Å². The van der Waals surface area contributed by atoms with E-state index in [-0.39, 0.29) is 17.7 Å². The summed E-state index contributed by atoms with van der Waals surface area (Å²) in [6.07, 6.45) is 1.52. The van der Waals surface area contributed by atoms with E-state index in [1.807, 2.05) is 0 Å². The highest BCUT2D eigenvalue weighted by Gasteiger charge is 2.31. The SMILES string of the molecule is C=C[C@H]1CCNC1=O.FC(F)(F)Oc1ccc(Nc2cccnc2-c2nnco2)nc1. The van der Waals surface area contributed by atoms with Gasteiger partial charge in [0.05, 0.1) is 17.8 Å². The zero-order chi connectivity index (χ0) is 22.3. The van der Waals surface area contributed by atoms with Gasteiger partial charge in [-0.2, -0.15) is 0 Å². The number of pyridine rings is 2. The number of rotatable bonds is 5. The van der Waals surface area contributed by atoms with Crippen LogP contribution in [0.15, 0.2) is 60.1 Å². The molecule has 0 aromatic carbocycles. The standard InChI is InChI=1S/C13H8F3N5O2.C6H9NO/c14-13(15,16)23-8-3-4-10(18-6-8)20-9-2-1-5-17-11(9)12-21-19-7-22-12;1-2-5-3-4-7-6(5)8/h1-7H,(H,18,20);2,5H,1,3-4H2,(H,7,8)/t;5-/m.0/s1. The second-order valence-corrected chi connectivity index (χ2v) is 6.12. The van der Waals surface area contributed by atoms with E-state index in [0.717, 1.165) is 31.6 Å². The van der Waals surface area contributed by atoms with E-state index in [1.165, 1.54) is 6.07 Å². The fraction of sp³-hybridized carbons (Fsp3) is 0.211. The average molecular weight is 434 g/mol. The predicted molar refractivity (Wildman–Crippen MR) is 103 cm³/mol. The first-order chi connectivity index (χ1) is 14.9. The van der Waals surface area contributed by atoms with Crippen molar-refractivity contribution in [1.29, 1.82) is 0 Å². The van der Waals surface area contributed by atoms with Crippen molar-refractivity contribution in [3.05, 3.63) is 55.7 Å². The van der Waals surface area contributed by atoms with Crippen molar-refractivity contribution in [2.75, 3.05) is 11.9 Å². The highest BCUT2D eigenvalue weighted by atomic mass is 19.4. The number of halogens is 3. The quantitative estimate of drug-likeness (QED) is 0.587. The highest BCUT2D eigenvalue weighted by Crippen LogP contribution is 2.27. The first-order valence-electron chi connectivity index (χ1n) is 8.96. The van der Waals surface area contributed by atoms with Crippen LogP contribution in [0.5, 0.6) is 5.75 Å². The third-order valence-corrected chi connectivity index (χ3v) is 3.98. The van der Waals surface area contributed by atoms with Crippen molar-refractivity contribution in [3.8, 4) is 17.3 Å². The molecule has 0 radical (unpaired) electrons. The van der Waals surface area contributed by atoms with Crippen molar-refractivity contribution >= 4 is 17.4 Å². The Labute approximate surface area is 174 Å². The van der Waals surface area contributed by atoms with Crippen LogP contribution >= 0.6 is 0 Å². The molecule has 1 aliphatic rings. The third kappa shape index (κ3) is 6.26. The van der Waals surface area contributed by atoms with Crippen LogP contribution in [0, 0.1) is 5.92 Å². The van der Waals surface area contributed by atoms with Gasteiger partial charge in [0.2, 0.25) is 12.3 Å². The Morgan fingerprint density at radius 1 is 1.29 bits per heavy atom. The molecule has 1 aliphatic heterocycles. The third-order valence-electron chi connectivity index (χ3n) is 3.98. The molecule has 4 heterocycles. The van der Waals surface area contributed by atoms with Gasteiger partial charge in [0.15, 0.2) is 5.69 Å². The van der Waals surface area contributed by atoms with Crippen LogP contribution in [0.4, 0.5) is 24.7 Å². The molecule has 3 aromatic rings. The number of hydrogen-bond donors (Lipinski definition) is 2. The molecule has 0 aliphatic carbocycles. The van der Waals surface area contributed by atoms with Gasteiger partial charge >= 0.3 is 6.36 Å². The normalized spacial score (nSPS) is 15.5. The summed E-state index contributed by atoms with van der Waals surface area (Å²) >= 11 is 0. The van der Waals surface area contributed by atoms with Gasteiger partial charge in [0.1, 0.15) is 11.6 Å². The summed E-state index contributed by atoms with van der Waals surface area (Å²) in [6, 6.07) is 5.84. The van der Waals surface area contributed by atoms with Gasteiger partial charge in [-0.25, -0.2) is 9.97 Å². The molecule has 31 heavy (non-hydrogen) atoms. The molecule has 12 heteroatoms. The highest BCUT2D eigenvalue weighted by molar-refractivity contribution is 5.82. The summed E-state index contributed by atoms with van der Waals surface area (Å²) in [6.45, 7) is 4.35. The van der Waals surface area contributed by atoms with Gasteiger partial charge in [-0.05, 0) is 30.7 Å². The zero-order valence-corrected chi connectivity index (χ0v) is 16.0. The number of anilines is 2. The molecule has 1 fully saturated rings. The molecule has 1 atom stereocenters. The maximum Gasteiger partial charge on any atom is 0.573 e. The second-order valence-electron chi connectivity index (χ2n) is 6.12. The minimum atomic E-state index is -4.76. The van der Waals surface area contributed by atoms with Gasteiger partial charge in [-0.1, -0.05) is 6.08 Å². The minimum absolute atomic E-state index is 0.0787. The van der Waals surface area contributed by atoms with E-state index in [2.05, 4.69) is 42.1 Å². The van der Waals surface area contributed by atoms with Crippen LogP contribution in [0.2, 0.25) is 0 Å². The van der Waals surface area contributed by atoms with E-state index in [1.54, 1.807) is 24.4 Å². The summed E-state index contributed by atoms with van der Waals surface area (Å²) in [5.74, 6) is 0.291. The predicted octanol–water partition coefficient (Wildman–Crippen LogP) is 3.48. The summed E-state index contributed by atoms with van der Waals surface area (Å²) in [5, 5.41) is 13.0. The molecule has 9 nitrogen and oxygen atoms in total. The Morgan fingerprint density at radius 3 is 2.68 bits per heavy atom. The van der Waals surface area contributed by atoms with Crippen LogP contribution < -0.4 is 15.4 Å². The molecule has 0 bridgehead atoms. The van der Waals surface area contributed by atoms with Gasteiger partial charge < -0.3 is 19.8 Å². The van der Waals surface area contributed by atoms with E-state index in [4.69, 9.17) is 4.42 Å². The summed E-state index contributed by atoms with van der Waals surface area (Å²) in [5.41, 5.74) is 0.899. The second kappa shape index (κ2) is 9.69. The molecule has 1 saturated heterocycles. The van der Waals surface area contributed by atoms with Crippen LogP contribution in [-0.4, -0.2) is 39.0 Å². The summed E-state index contributed by atoms with van der Waals surface area (Å²) < 4.78 is 45.1. The molecular weight excluding hydrogens is 417 g/mol. The number of carbonyl (C=O) groups is 1. The number of nitrogens with one attached hydrogen (secondary N) is 2. The molecular formula is C19H17F3N6O3. The molecule has 0 spiro atoms. The van der Waals surface area contributed by atoms with Crippen LogP contribution in [0.1, 0.15) is 6.42 Å². The Morgan fingerprint density at radius 2 is 2.13 bits per heavy atom. The Hall–Kier alpha value is -3.96. The molecule has 1 amide bonds. The van der Waals surface area contributed by atoms with E-state index in [9.17, 15) is 18.0 Å². The number of carbonyl (C=O) groups excluding carboxylic acids is 1. The molecule has 3 aromatic heterocycles. The Bertz CT molecular complexity index is 1010. The fourth-order valence-electron chi connectivity index (χ4n) is 2.58. The monoisotopic (exact) mass is 434 g/mol. The van der Waals surface area contributed by atoms with Crippen molar-refractivity contribution in [2.24, 2.45) is 5.92 Å². The smallest absolute Gasteiger partial charge is 0.422 e. The number of aromatic nitrogens is 4. The lowest BCUT2D eigenvalue weighted by atomic mass is 10.1. The van der Waals surface area contributed by atoms with E-state index >= 15 is 0 Å². The number of nitrogens with zero attached hydrogens (tertiary/aromatic N) is 4. The van der Waals surface area contributed by atoms with Gasteiger partial charge in [-0.15, -0.1) is 29.9 Å². The van der Waals surface area contributed by atoms with Crippen molar-refractivity contribution in [2.45, 2.75) is 12.8 Å². The molecule has 4 rings (SSSR count). The summed E-state index contributed by atoms with van der Waals surface area (Å²) in [4.78, 5) is 18.6. The molecule has 162 valence electrons. The number of alkyl halides is 3. The molecule has 0 saturated carbocycles. The summed E-state index contributed by atoms with van der Waals surface area (Å²) in [7, 11) is 0. The van der Waals surface area contributed by atoms with Crippen LogP contribution in [-0.2, 0) is 4.79 Å². The zero-order valence-electron chi connectivity index (χ0n) is 16.0. The first kappa shape index (κ1) is 21.7. The van der Waals surface area contributed by atoms with Crippen LogP contribution in [0.3, 0.4) is 0 Å². The molecule has 2 N–H and O–H groups in total. The number of ether oxygens (including phenoxy) is 1. The minimum Gasteiger partial charge on any atom is -0.422 e.